The number of carbonyl (C=O) groups is 1. The number of nitrogens with one attached hydrogen (secondary N) is 2. The van der Waals surface area contributed by atoms with Gasteiger partial charge in [0.05, 0.1) is 12.1 Å². The Morgan fingerprint density at radius 2 is 2.00 bits per heavy atom. The number of nitrogens with two attached hydrogens (primary N) is 2. The van der Waals surface area contributed by atoms with Crippen LogP contribution in [-0.4, -0.2) is 35.9 Å². The Morgan fingerprint density at radius 1 is 1.37 bits per heavy atom. The van der Waals surface area contributed by atoms with E-state index in [1.54, 1.807) is 0 Å². The summed E-state index contributed by atoms with van der Waals surface area (Å²) in [4.78, 5) is 11.1. The third-order valence-corrected chi connectivity index (χ3v) is 2.96. The maximum Gasteiger partial charge on any atom is 0.217 e. The van der Waals surface area contributed by atoms with Gasteiger partial charge in [-0.1, -0.05) is 19.9 Å². The molecule has 112 valence electrons. The predicted octanol–water partition coefficient (Wildman–Crippen LogP) is -0.221. The van der Waals surface area contributed by atoms with Crippen molar-refractivity contribution in [2.75, 3.05) is 6.54 Å². The lowest BCUT2D eigenvalue weighted by molar-refractivity contribution is -0.119. The zero-order valence-electron chi connectivity index (χ0n) is 12.0. The molecular weight excluding hydrogens is 244 g/mol. The Morgan fingerprint density at radius 3 is 2.42 bits per heavy atom. The number of hydrogen-bond acceptors (Lipinski definition) is 5. The summed E-state index contributed by atoms with van der Waals surface area (Å²) in [7, 11) is 0. The van der Waals surface area contributed by atoms with E-state index in [0.29, 0.717) is 18.7 Å². The fourth-order valence-electron chi connectivity index (χ4n) is 1.86. The Kier molecular flexibility index (Phi) is 9.20. The molecule has 6 nitrogen and oxygen atoms in total. The summed E-state index contributed by atoms with van der Waals surface area (Å²) >= 11 is 0. The fourth-order valence-corrected chi connectivity index (χ4v) is 1.86. The first-order valence-corrected chi connectivity index (χ1v) is 6.78. The molecule has 0 saturated heterocycles. The van der Waals surface area contributed by atoms with Crippen LogP contribution < -0.4 is 22.1 Å². The Hall–Kier alpha value is -1.11. The molecule has 0 spiro atoms. The minimum atomic E-state index is -0.968. The molecule has 2 unspecified atom stereocenters. The number of rotatable bonds is 10. The van der Waals surface area contributed by atoms with Gasteiger partial charge in [0, 0.05) is 12.6 Å². The smallest absolute Gasteiger partial charge is 0.217 e. The van der Waals surface area contributed by atoms with Gasteiger partial charge in [-0.05, 0) is 25.8 Å². The molecule has 0 bridgehead atoms. The molecule has 1 amide bonds. The van der Waals surface area contributed by atoms with E-state index in [0.717, 1.165) is 19.3 Å². The van der Waals surface area contributed by atoms with Crippen molar-refractivity contribution >= 4 is 5.91 Å². The van der Waals surface area contributed by atoms with Crippen LogP contribution >= 0.6 is 0 Å². The van der Waals surface area contributed by atoms with Crippen molar-refractivity contribution in [1.82, 2.24) is 10.6 Å². The second-order valence-corrected chi connectivity index (χ2v) is 4.71. The van der Waals surface area contributed by atoms with Gasteiger partial charge < -0.3 is 27.2 Å². The summed E-state index contributed by atoms with van der Waals surface area (Å²) < 4.78 is 0. The maximum absolute atomic E-state index is 11.1. The highest BCUT2D eigenvalue weighted by Crippen LogP contribution is 2.08. The van der Waals surface area contributed by atoms with E-state index >= 15 is 0 Å². The monoisotopic (exact) mass is 272 g/mol. The Labute approximate surface area is 115 Å². The van der Waals surface area contributed by atoms with Crippen LogP contribution in [0.2, 0.25) is 0 Å². The van der Waals surface area contributed by atoms with Crippen molar-refractivity contribution in [2.24, 2.45) is 11.5 Å². The lowest BCUT2D eigenvalue weighted by Gasteiger charge is -2.27. The van der Waals surface area contributed by atoms with Crippen LogP contribution in [0.25, 0.3) is 0 Å². The zero-order chi connectivity index (χ0) is 14.8. The molecule has 0 aromatic heterocycles. The molecule has 3 atom stereocenters. The lowest BCUT2D eigenvalue weighted by Crippen LogP contribution is -2.48. The second-order valence-electron chi connectivity index (χ2n) is 4.71. The van der Waals surface area contributed by atoms with Crippen molar-refractivity contribution < 1.29 is 9.90 Å². The van der Waals surface area contributed by atoms with Gasteiger partial charge in [0.15, 0.2) is 0 Å². The van der Waals surface area contributed by atoms with E-state index in [1.165, 1.54) is 6.92 Å². The topological polar surface area (TPSA) is 113 Å². The van der Waals surface area contributed by atoms with Gasteiger partial charge in [0.25, 0.3) is 0 Å². The van der Waals surface area contributed by atoms with E-state index in [-0.39, 0.29) is 18.0 Å². The van der Waals surface area contributed by atoms with Crippen molar-refractivity contribution in [3.63, 3.8) is 0 Å². The Bertz CT molecular complexity index is 282. The number of hydrogen-bond donors (Lipinski definition) is 5. The molecule has 0 heterocycles. The van der Waals surface area contributed by atoms with Crippen LogP contribution in [0.1, 0.15) is 39.5 Å². The standard InChI is InChI=1S/C13H28N4O2/c1-4-11(17-10(3)18)9(2)16-12(13(15)19)7-5-6-8-14/h11-13,16,19H,2,4-8,14-15H2,1,3H3,(H,17,18)/t11-,12?,13?/m0/s1. The van der Waals surface area contributed by atoms with Crippen LogP contribution in [0.3, 0.4) is 0 Å². The van der Waals surface area contributed by atoms with Crippen LogP contribution in [0, 0.1) is 0 Å². The summed E-state index contributed by atoms with van der Waals surface area (Å²) in [5.41, 5.74) is 11.6. The normalized spacial score (nSPS) is 15.4. The lowest BCUT2D eigenvalue weighted by atomic mass is 10.1. The maximum atomic E-state index is 11.1. The van der Waals surface area contributed by atoms with Gasteiger partial charge in [-0.25, -0.2) is 0 Å². The van der Waals surface area contributed by atoms with Crippen molar-refractivity contribution in [2.45, 2.75) is 57.8 Å². The first-order chi connectivity index (χ1) is 8.92. The molecule has 0 aliphatic carbocycles. The highest BCUT2D eigenvalue weighted by Gasteiger charge is 2.19. The summed E-state index contributed by atoms with van der Waals surface area (Å²) in [6.07, 6.45) is 2.24. The van der Waals surface area contributed by atoms with E-state index in [9.17, 15) is 9.90 Å². The molecule has 7 N–H and O–H groups in total. The van der Waals surface area contributed by atoms with E-state index in [4.69, 9.17) is 11.5 Å². The molecule has 0 radical (unpaired) electrons. The number of aliphatic hydroxyl groups excluding tert-OH is 1. The minimum Gasteiger partial charge on any atom is -0.380 e. The predicted molar refractivity (Wildman–Crippen MR) is 77.1 cm³/mol. The fraction of sp³-hybridized carbons (Fsp3) is 0.769. The minimum absolute atomic E-state index is 0.109. The Balaban J connectivity index is 4.38. The number of carbonyl (C=O) groups excluding carboxylic acids is 1. The van der Waals surface area contributed by atoms with Crippen LogP contribution in [0.4, 0.5) is 0 Å². The van der Waals surface area contributed by atoms with E-state index in [1.807, 2.05) is 6.92 Å². The van der Waals surface area contributed by atoms with Crippen LogP contribution in [-0.2, 0) is 4.79 Å². The van der Waals surface area contributed by atoms with Crippen molar-refractivity contribution in [3.05, 3.63) is 12.3 Å². The molecule has 0 fully saturated rings. The van der Waals surface area contributed by atoms with Gasteiger partial charge in [0.1, 0.15) is 6.23 Å². The molecule has 0 saturated carbocycles. The molecule has 0 aliphatic rings. The molecule has 0 aromatic rings. The second kappa shape index (κ2) is 9.77. The highest BCUT2D eigenvalue weighted by atomic mass is 16.3. The summed E-state index contributed by atoms with van der Waals surface area (Å²) in [6.45, 7) is 7.95. The third kappa shape index (κ3) is 7.81. The van der Waals surface area contributed by atoms with Gasteiger partial charge >= 0.3 is 0 Å². The molecule has 0 rings (SSSR count). The quantitative estimate of drug-likeness (QED) is 0.279. The third-order valence-electron chi connectivity index (χ3n) is 2.96. The highest BCUT2D eigenvalue weighted by molar-refractivity contribution is 5.73. The largest absolute Gasteiger partial charge is 0.380 e. The number of amides is 1. The zero-order valence-corrected chi connectivity index (χ0v) is 12.0. The SMILES string of the molecule is C=C(NC(CCCCN)C(N)O)[C@H](CC)NC(C)=O. The summed E-state index contributed by atoms with van der Waals surface area (Å²) in [6, 6.07) is -0.435. The number of aliphatic hydroxyl groups is 1. The molecule has 0 aliphatic heterocycles. The first kappa shape index (κ1) is 17.9. The van der Waals surface area contributed by atoms with Gasteiger partial charge in [0.2, 0.25) is 5.91 Å². The first-order valence-electron chi connectivity index (χ1n) is 6.78. The molecular formula is C13H28N4O2. The summed E-state index contributed by atoms with van der Waals surface area (Å²) in [5, 5.41) is 15.5. The van der Waals surface area contributed by atoms with Crippen LogP contribution in [0.15, 0.2) is 12.3 Å². The van der Waals surface area contributed by atoms with Gasteiger partial charge in [-0.2, -0.15) is 0 Å². The molecule has 6 heteroatoms. The average Bonchev–Trinajstić information content (AvgIpc) is 2.34. The van der Waals surface area contributed by atoms with Crippen LogP contribution in [0.5, 0.6) is 0 Å². The molecule has 0 aromatic carbocycles. The van der Waals surface area contributed by atoms with E-state index in [2.05, 4.69) is 17.2 Å². The van der Waals surface area contributed by atoms with Gasteiger partial charge in [-0.3, -0.25) is 4.79 Å². The van der Waals surface area contributed by atoms with Crippen molar-refractivity contribution in [3.8, 4) is 0 Å². The average molecular weight is 272 g/mol. The van der Waals surface area contributed by atoms with E-state index < -0.39 is 6.23 Å². The van der Waals surface area contributed by atoms with Crippen molar-refractivity contribution in [1.29, 1.82) is 0 Å². The number of unbranched alkanes of at least 4 members (excludes halogenated alkanes) is 1. The molecule has 19 heavy (non-hydrogen) atoms. The van der Waals surface area contributed by atoms with Gasteiger partial charge in [-0.15, -0.1) is 0 Å². The summed E-state index contributed by atoms with van der Waals surface area (Å²) in [5.74, 6) is -0.109.